The summed E-state index contributed by atoms with van der Waals surface area (Å²) in [4.78, 5) is 0. The molecule has 1 aliphatic rings. The van der Waals surface area contributed by atoms with Crippen LogP contribution >= 0.6 is 0 Å². The van der Waals surface area contributed by atoms with Crippen LogP contribution < -0.4 is 5.32 Å². The molecule has 2 heteroatoms. The van der Waals surface area contributed by atoms with Gasteiger partial charge in [-0.25, -0.2) is 0 Å². The predicted molar refractivity (Wildman–Crippen MR) is 74.3 cm³/mol. The van der Waals surface area contributed by atoms with Crippen molar-refractivity contribution in [2.75, 3.05) is 19.7 Å². The highest BCUT2D eigenvalue weighted by molar-refractivity contribution is 4.75. The standard InChI is InChI=1S/C15H31NO/c1-4-7-16-8-5-6-9-17-15-11-13(2)10-14(3)12-15/h13-16H,4-12H2,1-3H3. The molecule has 0 amide bonds. The van der Waals surface area contributed by atoms with Gasteiger partial charge in [0, 0.05) is 6.61 Å². The maximum Gasteiger partial charge on any atom is 0.0580 e. The molecule has 1 fully saturated rings. The van der Waals surface area contributed by atoms with E-state index in [9.17, 15) is 0 Å². The van der Waals surface area contributed by atoms with E-state index in [-0.39, 0.29) is 0 Å². The zero-order valence-electron chi connectivity index (χ0n) is 12.0. The summed E-state index contributed by atoms with van der Waals surface area (Å²) in [6.07, 6.45) is 8.16. The number of ether oxygens (including phenoxy) is 1. The highest BCUT2D eigenvalue weighted by atomic mass is 16.5. The first-order valence-corrected chi connectivity index (χ1v) is 7.54. The van der Waals surface area contributed by atoms with E-state index in [4.69, 9.17) is 4.74 Å². The van der Waals surface area contributed by atoms with Crippen molar-refractivity contribution in [3.05, 3.63) is 0 Å². The lowest BCUT2D eigenvalue weighted by atomic mass is 9.82. The Kier molecular flexibility index (Phi) is 7.87. The fourth-order valence-corrected chi connectivity index (χ4v) is 2.91. The molecule has 0 aromatic heterocycles. The van der Waals surface area contributed by atoms with Crippen LogP contribution in [0.5, 0.6) is 0 Å². The molecular formula is C15H31NO. The van der Waals surface area contributed by atoms with Crippen LogP contribution in [0.3, 0.4) is 0 Å². The summed E-state index contributed by atoms with van der Waals surface area (Å²) in [5.74, 6) is 1.71. The molecule has 0 aromatic carbocycles. The largest absolute Gasteiger partial charge is 0.378 e. The normalized spacial score (nSPS) is 29.5. The minimum absolute atomic E-state index is 0.539. The Labute approximate surface area is 108 Å². The highest BCUT2D eigenvalue weighted by Gasteiger charge is 2.23. The predicted octanol–water partition coefficient (Wildman–Crippen LogP) is 3.61. The SMILES string of the molecule is CCCNCCCCOC1CC(C)CC(C)C1. The van der Waals surface area contributed by atoms with Crippen molar-refractivity contribution in [3.63, 3.8) is 0 Å². The first-order chi connectivity index (χ1) is 8.22. The Bertz CT molecular complexity index is 174. The fraction of sp³-hybridized carbons (Fsp3) is 1.00. The Morgan fingerprint density at radius 3 is 2.35 bits per heavy atom. The van der Waals surface area contributed by atoms with Gasteiger partial charge in [0.1, 0.15) is 0 Å². The quantitative estimate of drug-likeness (QED) is 0.656. The topological polar surface area (TPSA) is 21.3 Å². The van der Waals surface area contributed by atoms with Gasteiger partial charge in [0.05, 0.1) is 6.10 Å². The molecule has 2 atom stereocenters. The van der Waals surface area contributed by atoms with Crippen LogP contribution in [0.1, 0.15) is 59.3 Å². The van der Waals surface area contributed by atoms with E-state index in [2.05, 4.69) is 26.1 Å². The second kappa shape index (κ2) is 8.93. The lowest BCUT2D eigenvalue weighted by molar-refractivity contribution is -0.000422. The zero-order valence-corrected chi connectivity index (χ0v) is 12.0. The lowest BCUT2D eigenvalue weighted by Crippen LogP contribution is -2.26. The molecule has 0 aliphatic heterocycles. The van der Waals surface area contributed by atoms with Crippen molar-refractivity contribution in [1.82, 2.24) is 5.32 Å². The molecule has 0 spiro atoms. The van der Waals surface area contributed by atoms with Crippen molar-refractivity contribution in [3.8, 4) is 0 Å². The third kappa shape index (κ3) is 7.05. The number of nitrogens with one attached hydrogen (secondary N) is 1. The third-order valence-electron chi connectivity index (χ3n) is 3.66. The maximum absolute atomic E-state index is 6.00. The monoisotopic (exact) mass is 241 g/mol. The second-order valence-corrected chi connectivity index (χ2v) is 5.87. The molecule has 1 rings (SSSR count). The second-order valence-electron chi connectivity index (χ2n) is 5.87. The molecule has 102 valence electrons. The van der Waals surface area contributed by atoms with Crippen LogP contribution in [0.2, 0.25) is 0 Å². The molecule has 1 N–H and O–H groups in total. The summed E-state index contributed by atoms with van der Waals surface area (Å²) in [7, 11) is 0. The number of rotatable bonds is 8. The minimum atomic E-state index is 0.539. The van der Waals surface area contributed by atoms with Crippen molar-refractivity contribution in [2.45, 2.75) is 65.4 Å². The maximum atomic E-state index is 6.00. The van der Waals surface area contributed by atoms with E-state index in [1.54, 1.807) is 0 Å². The zero-order chi connectivity index (χ0) is 12.5. The van der Waals surface area contributed by atoms with Crippen LogP contribution in [0, 0.1) is 11.8 Å². The van der Waals surface area contributed by atoms with Gasteiger partial charge < -0.3 is 10.1 Å². The van der Waals surface area contributed by atoms with Gasteiger partial charge in [-0.05, 0) is 63.5 Å². The van der Waals surface area contributed by atoms with Gasteiger partial charge in [0.2, 0.25) is 0 Å². The van der Waals surface area contributed by atoms with Crippen molar-refractivity contribution >= 4 is 0 Å². The summed E-state index contributed by atoms with van der Waals surface area (Å²) in [5, 5.41) is 3.43. The van der Waals surface area contributed by atoms with E-state index in [1.807, 2.05) is 0 Å². The van der Waals surface area contributed by atoms with Gasteiger partial charge in [-0.1, -0.05) is 20.8 Å². The van der Waals surface area contributed by atoms with Gasteiger partial charge in [-0.2, -0.15) is 0 Å². The van der Waals surface area contributed by atoms with Crippen LogP contribution in [-0.4, -0.2) is 25.8 Å². The smallest absolute Gasteiger partial charge is 0.0580 e. The van der Waals surface area contributed by atoms with Crippen molar-refractivity contribution in [2.24, 2.45) is 11.8 Å². The average molecular weight is 241 g/mol. The van der Waals surface area contributed by atoms with Crippen LogP contribution in [0.15, 0.2) is 0 Å². The van der Waals surface area contributed by atoms with E-state index in [1.165, 1.54) is 38.5 Å². The Balaban J connectivity index is 1.95. The molecule has 0 bridgehead atoms. The summed E-state index contributed by atoms with van der Waals surface area (Å²) in [5.41, 5.74) is 0. The number of hydrogen-bond acceptors (Lipinski definition) is 2. The molecule has 2 unspecified atom stereocenters. The molecule has 0 radical (unpaired) electrons. The Morgan fingerprint density at radius 1 is 1.00 bits per heavy atom. The first-order valence-electron chi connectivity index (χ1n) is 7.54. The molecule has 1 saturated carbocycles. The first kappa shape index (κ1) is 15.0. The van der Waals surface area contributed by atoms with E-state index >= 15 is 0 Å². The Morgan fingerprint density at radius 2 is 1.71 bits per heavy atom. The summed E-state index contributed by atoms with van der Waals surface area (Å²) < 4.78 is 6.00. The number of hydrogen-bond donors (Lipinski definition) is 1. The minimum Gasteiger partial charge on any atom is -0.378 e. The lowest BCUT2D eigenvalue weighted by Gasteiger charge is -2.31. The fourth-order valence-electron chi connectivity index (χ4n) is 2.91. The molecule has 0 aromatic rings. The number of unbranched alkanes of at least 4 members (excludes halogenated alkanes) is 1. The summed E-state index contributed by atoms with van der Waals surface area (Å²) in [6, 6.07) is 0. The molecule has 0 heterocycles. The molecule has 0 saturated heterocycles. The van der Waals surface area contributed by atoms with Crippen molar-refractivity contribution in [1.29, 1.82) is 0 Å². The van der Waals surface area contributed by atoms with Gasteiger partial charge in [0.15, 0.2) is 0 Å². The van der Waals surface area contributed by atoms with Gasteiger partial charge in [0.25, 0.3) is 0 Å². The van der Waals surface area contributed by atoms with E-state index in [0.29, 0.717) is 6.10 Å². The molecule has 2 nitrogen and oxygen atoms in total. The summed E-state index contributed by atoms with van der Waals surface area (Å²) in [6.45, 7) is 10.2. The molecular weight excluding hydrogens is 210 g/mol. The van der Waals surface area contributed by atoms with Crippen LogP contribution in [0.4, 0.5) is 0 Å². The van der Waals surface area contributed by atoms with Crippen LogP contribution in [-0.2, 0) is 4.74 Å². The Hall–Kier alpha value is -0.0800. The van der Waals surface area contributed by atoms with Gasteiger partial charge >= 0.3 is 0 Å². The summed E-state index contributed by atoms with van der Waals surface area (Å²) >= 11 is 0. The third-order valence-corrected chi connectivity index (χ3v) is 3.66. The van der Waals surface area contributed by atoms with E-state index in [0.717, 1.165) is 31.5 Å². The van der Waals surface area contributed by atoms with Gasteiger partial charge in [-0.15, -0.1) is 0 Å². The highest BCUT2D eigenvalue weighted by Crippen LogP contribution is 2.30. The average Bonchev–Trinajstić information content (AvgIpc) is 2.26. The van der Waals surface area contributed by atoms with Crippen LogP contribution in [0.25, 0.3) is 0 Å². The molecule has 1 aliphatic carbocycles. The van der Waals surface area contributed by atoms with Gasteiger partial charge in [-0.3, -0.25) is 0 Å². The van der Waals surface area contributed by atoms with Crippen molar-refractivity contribution < 1.29 is 4.74 Å². The van der Waals surface area contributed by atoms with E-state index < -0.39 is 0 Å². The molecule has 17 heavy (non-hydrogen) atoms.